The highest BCUT2D eigenvalue weighted by atomic mass is 35.5. The van der Waals surface area contributed by atoms with Crippen LogP contribution in [0.1, 0.15) is 52.1 Å². The van der Waals surface area contributed by atoms with Crippen LogP contribution in [-0.2, 0) is 0 Å². The number of halogens is 3. The van der Waals surface area contributed by atoms with Crippen LogP contribution in [0.25, 0.3) is 10.9 Å². The van der Waals surface area contributed by atoms with E-state index >= 15 is 4.39 Å². The number of fused-ring (bicyclic) bond motifs is 1. The maximum atomic E-state index is 15.7. The Morgan fingerprint density at radius 1 is 1.30 bits per heavy atom. The Morgan fingerprint density at radius 3 is 2.68 bits per heavy atom. The van der Waals surface area contributed by atoms with Gasteiger partial charge in [0.1, 0.15) is 16.9 Å². The quantitative estimate of drug-likeness (QED) is 0.302. The number of nitrogens with one attached hydrogen (secondary N) is 4. The highest BCUT2D eigenvalue weighted by Gasteiger charge is 2.32. The summed E-state index contributed by atoms with van der Waals surface area (Å²) in [7, 11) is 0. The van der Waals surface area contributed by atoms with Gasteiger partial charge in [0, 0.05) is 30.4 Å². The van der Waals surface area contributed by atoms with Crippen LogP contribution in [0.4, 0.5) is 20.2 Å². The lowest BCUT2D eigenvalue weighted by Crippen LogP contribution is -2.38. The lowest BCUT2D eigenvalue weighted by Gasteiger charge is -2.24. The van der Waals surface area contributed by atoms with Crippen molar-refractivity contribution in [2.45, 2.75) is 45.7 Å². The zero-order chi connectivity index (χ0) is 27.2. The minimum atomic E-state index is -1.75. The molecule has 2 aromatic carbocycles. The average Bonchev–Trinajstić information content (AvgIpc) is 3.61. The van der Waals surface area contributed by atoms with Crippen molar-refractivity contribution in [1.29, 1.82) is 5.26 Å². The predicted octanol–water partition coefficient (Wildman–Crippen LogP) is 5.98. The van der Waals surface area contributed by atoms with Crippen molar-refractivity contribution in [1.82, 2.24) is 21.0 Å². The zero-order valence-electron chi connectivity index (χ0n) is 21.7. The fourth-order valence-electron chi connectivity index (χ4n) is 4.04. The smallest absolute Gasteiger partial charge is 0.167 e. The van der Waals surface area contributed by atoms with Crippen LogP contribution < -0.4 is 21.6 Å². The van der Waals surface area contributed by atoms with Crippen LogP contribution in [0.3, 0.4) is 0 Å². The molecule has 2 heterocycles. The Balaban J connectivity index is 1.64. The van der Waals surface area contributed by atoms with E-state index in [-0.39, 0.29) is 27.2 Å². The molecule has 2 aliphatic rings. The number of benzene rings is 2. The highest BCUT2D eigenvalue weighted by molar-refractivity contribution is 6.36. The van der Waals surface area contributed by atoms with Crippen LogP contribution in [0.5, 0.6) is 0 Å². The first kappa shape index (κ1) is 23.8. The monoisotopic (exact) mass is 524 g/mol. The maximum absolute atomic E-state index is 15.7. The molecule has 3 aromatic rings. The molecule has 1 aliphatic carbocycles. The first-order chi connectivity index (χ1) is 18.0. The normalized spacial score (nSPS) is 17.5. The van der Waals surface area contributed by atoms with E-state index in [1.165, 1.54) is 36.5 Å². The number of aromatic nitrogens is 1. The second-order valence-corrected chi connectivity index (χ2v) is 10.8. The number of hydrogen-bond donors (Lipinski definition) is 4. The number of hydrazine groups is 2. The molecule has 4 N–H and O–H groups in total. The summed E-state index contributed by atoms with van der Waals surface area (Å²) in [6.07, 6.45) is 5.15. The number of hydrogen-bond acceptors (Lipinski definition) is 7. The molecule has 1 aliphatic heterocycles. The molecule has 0 unspecified atom stereocenters. The Kier molecular flexibility index (Phi) is 6.22. The molecule has 192 valence electrons. The van der Waals surface area contributed by atoms with Gasteiger partial charge in [0.15, 0.2) is 5.82 Å². The summed E-state index contributed by atoms with van der Waals surface area (Å²) in [6.45, 7) is 6.68. The second kappa shape index (κ2) is 9.69. The van der Waals surface area contributed by atoms with Crippen LogP contribution in [0, 0.1) is 28.4 Å². The fourth-order valence-corrected chi connectivity index (χ4v) is 4.30. The second-order valence-electron chi connectivity index (χ2n) is 10.4. The van der Waals surface area contributed by atoms with Crippen molar-refractivity contribution in [2.24, 2.45) is 5.41 Å². The van der Waals surface area contributed by atoms with Crippen molar-refractivity contribution in [3.8, 4) is 6.07 Å². The van der Waals surface area contributed by atoms with Crippen LogP contribution >= 0.6 is 11.6 Å². The summed E-state index contributed by atoms with van der Waals surface area (Å²) in [5.74, 6) is -1.24. The number of rotatable bonds is 7. The van der Waals surface area contributed by atoms with Gasteiger partial charge in [0.2, 0.25) is 0 Å². The third-order valence-electron chi connectivity index (χ3n) is 6.15. The molecule has 0 amide bonds. The summed E-state index contributed by atoms with van der Waals surface area (Å²) in [4.78, 5) is 4.25. The highest BCUT2D eigenvalue weighted by Crippen LogP contribution is 2.39. The van der Waals surface area contributed by atoms with Crippen molar-refractivity contribution in [3.63, 3.8) is 0 Å². The molecule has 0 spiro atoms. The van der Waals surface area contributed by atoms with Gasteiger partial charge in [-0.25, -0.2) is 8.78 Å². The lowest BCUT2D eigenvalue weighted by molar-refractivity contribution is 0.260. The molecule has 1 fully saturated rings. The van der Waals surface area contributed by atoms with Gasteiger partial charge >= 0.3 is 0 Å². The van der Waals surface area contributed by atoms with Crippen molar-refractivity contribution in [3.05, 3.63) is 76.2 Å². The molecule has 0 radical (unpaired) electrons. The van der Waals surface area contributed by atoms with Gasteiger partial charge in [-0.15, -0.1) is 5.53 Å². The summed E-state index contributed by atoms with van der Waals surface area (Å²) < 4.78 is 38.9. The molecule has 0 bridgehead atoms. The third-order valence-corrected chi connectivity index (χ3v) is 6.49. The first-order valence-corrected chi connectivity index (χ1v) is 12.4. The third kappa shape index (κ3) is 5.26. The topological polar surface area (TPSA) is 88.0 Å². The first-order valence-electron chi connectivity index (χ1n) is 12.5. The largest absolute Gasteiger partial charge is 0.383 e. The van der Waals surface area contributed by atoms with E-state index in [0.717, 1.165) is 12.8 Å². The summed E-state index contributed by atoms with van der Waals surface area (Å²) >= 11 is 6.47. The average molecular weight is 525 g/mol. The minimum Gasteiger partial charge on any atom is -0.383 e. The Hall–Kier alpha value is -3.61. The van der Waals surface area contributed by atoms with E-state index in [1.54, 1.807) is 6.20 Å². The van der Waals surface area contributed by atoms with E-state index in [0.29, 0.717) is 34.9 Å². The van der Waals surface area contributed by atoms with E-state index < -0.39 is 17.7 Å². The molecule has 10 heteroatoms. The van der Waals surface area contributed by atoms with Gasteiger partial charge in [0.05, 0.1) is 35.5 Å². The van der Waals surface area contributed by atoms with Crippen LogP contribution in [-0.4, -0.2) is 22.6 Å². The number of pyridine rings is 1. The number of nitrogens with zero attached hydrogens (tertiary/aromatic N) is 3. The molecular weight excluding hydrogens is 496 g/mol. The molecular formula is C27H28ClF2N7. The summed E-state index contributed by atoms with van der Waals surface area (Å²) in [5.41, 5.74) is 7.61. The zero-order valence-corrected chi connectivity index (χ0v) is 21.5. The summed E-state index contributed by atoms with van der Waals surface area (Å²) in [6, 6.07) is 7.65. The van der Waals surface area contributed by atoms with E-state index in [9.17, 15) is 11.0 Å². The van der Waals surface area contributed by atoms with Crippen molar-refractivity contribution >= 4 is 33.9 Å². The molecule has 1 atom stereocenters. The standard InChI is InChI=1S/C27H28ClF2N7/c1-27(2,3)14-33-24-16(11-31)12-32-26-19(24)10-20(23(30)22(26)28)34-25(15-4-6-17(29)7-5-15)21-13-37(36-35-21)18-8-9-18/h4-7,10,12-13,18,25,34-36H,8-9,14H2,1-3H3,(H,32,33)/t25-/m0/s1/i25D. The Morgan fingerprint density at radius 2 is 2.03 bits per heavy atom. The van der Waals surface area contributed by atoms with Crippen molar-refractivity contribution < 1.29 is 10.2 Å². The van der Waals surface area contributed by atoms with E-state index in [2.05, 4.69) is 32.6 Å². The maximum Gasteiger partial charge on any atom is 0.167 e. The van der Waals surface area contributed by atoms with Gasteiger partial charge < -0.3 is 16.1 Å². The van der Waals surface area contributed by atoms with Gasteiger partial charge in [-0.05, 0) is 42.0 Å². The van der Waals surface area contributed by atoms with Crippen molar-refractivity contribution in [2.75, 3.05) is 17.2 Å². The SMILES string of the molecule is [2H][C@@](Nc1cc2c(NCC(C)(C)C)c(C#N)cnc2c(Cl)c1F)(C1=CN(C2CC2)NN1)c1ccc(F)cc1. The Labute approximate surface area is 220 Å². The van der Waals surface area contributed by atoms with Crippen LogP contribution in [0.2, 0.25) is 5.02 Å². The number of anilines is 2. The molecule has 1 saturated carbocycles. The Bertz CT molecular complexity index is 1460. The lowest BCUT2D eigenvalue weighted by atomic mass is 9.96. The molecule has 5 rings (SSSR count). The van der Waals surface area contributed by atoms with Gasteiger partial charge in [0.25, 0.3) is 0 Å². The van der Waals surface area contributed by atoms with Crippen LogP contribution in [0.15, 0.2) is 48.4 Å². The molecule has 0 saturated heterocycles. The predicted molar refractivity (Wildman–Crippen MR) is 141 cm³/mol. The summed E-state index contributed by atoms with van der Waals surface area (Å²) in [5, 5.41) is 18.1. The van der Waals surface area contributed by atoms with Gasteiger partial charge in [-0.1, -0.05) is 44.5 Å². The number of nitriles is 1. The van der Waals surface area contributed by atoms with E-state index in [4.69, 9.17) is 11.6 Å². The van der Waals surface area contributed by atoms with Gasteiger partial charge in [-0.2, -0.15) is 5.26 Å². The molecule has 37 heavy (non-hydrogen) atoms. The van der Waals surface area contributed by atoms with E-state index in [1.807, 2.05) is 25.8 Å². The molecule has 1 aromatic heterocycles. The molecule has 7 nitrogen and oxygen atoms in total. The fraction of sp³-hybridized carbons (Fsp3) is 0.333. The van der Waals surface area contributed by atoms with Gasteiger partial charge in [-0.3, -0.25) is 9.99 Å². The minimum absolute atomic E-state index is 0.0647.